The van der Waals surface area contributed by atoms with Crippen LogP contribution in [0.15, 0.2) is 0 Å². The molecule has 1 rings (SSSR count). The minimum Gasteiger partial charge on any atom is -0.383 e. The topological polar surface area (TPSA) is 30.5 Å². The molecule has 0 aromatic carbocycles. The summed E-state index contributed by atoms with van der Waals surface area (Å²) in [6.45, 7) is 12.5. The van der Waals surface area contributed by atoms with Crippen molar-refractivity contribution in [3.05, 3.63) is 0 Å². The van der Waals surface area contributed by atoms with E-state index in [1.54, 1.807) is 0 Å². The monoisotopic (exact) mass is 287 g/mol. The Morgan fingerprint density at radius 2 is 1.68 bits per heavy atom. The second kappa shape index (κ2) is 8.40. The molecule has 114 valence electrons. The van der Waals surface area contributed by atoms with E-state index in [2.05, 4.69) is 39.6 Å². The molecule has 0 amide bonds. The summed E-state index contributed by atoms with van der Waals surface area (Å²) in [5.41, 5.74) is 0.593. The lowest BCUT2D eigenvalue weighted by Crippen LogP contribution is -2.63. The fraction of sp³-hybridized carbons (Fsp3) is 1.00. The van der Waals surface area contributed by atoms with E-state index in [4.69, 9.17) is 8.85 Å². The van der Waals surface area contributed by atoms with Crippen molar-refractivity contribution in [2.24, 2.45) is 5.92 Å². The fourth-order valence-corrected chi connectivity index (χ4v) is 7.34. The zero-order valence-corrected chi connectivity index (χ0v) is 14.5. The van der Waals surface area contributed by atoms with Crippen LogP contribution in [0.25, 0.3) is 0 Å². The molecule has 3 nitrogen and oxygen atoms in total. The van der Waals surface area contributed by atoms with Gasteiger partial charge in [0.15, 0.2) is 0 Å². The molecule has 3 unspecified atom stereocenters. The van der Waals surface area contributed by atoms with Crippen LogP contribution in [-0.4, -0.2) is 28.0 Å². The molecule has 0 aromatic heterocycles. The van der Waals surface area contributed by atoms with Gasteiger partial charge < -0.3 is 8.85 Å². The first-order valence-electron chi connectivity index (χ1n) is 8.15. The molecule has 0 radical (unpaired) electrons. The Hall–Kier alpha value is 0.0969. The molecule has 1 aliphatic rings. The lowest BCUT2D eigenvalue weighted by molar-refractivity contribution is 0.138. The van der Waals surface area contributed by atoms with E-state index < -0.39 is 8.72 Å². The number of rotatable bonds is 8. The van der Waals surface area contributed by atoms with Gasteiger partial charge in [0.2, 0.25) is 0 Å². The maximum atomic E-state index is 6.26. The van der Waals surface area contributed by atoms with E-state index in [1.165, 1.54) is 25.7 Å². The summed E-state index contributed by atoms with van der Waals surface area (Å²) in [7, 11) is -2.29. The highest BCUT2D eigenvalue weighted by molar-refractivity contribution is 6.66. The van der Waals surface area contributed by atoms with Crippen molar-refractivity contribution in [3.8, 4) is 0 Å². The number of hydrogen-bond acceptors (Lipinski definition) is 3. The summed E-state index contributed by atoms with van der Waals surface area (Å²) in [5.74, 6) is 0.718. The summed E-state index contributed by atoms with van der Waals surface area (Å²) >= 11 is 0. The van der Waals surface area contributed by atoms with Gasteiger partial charge in [-0.2, -0.15) is 0 Å². The van der Waals surface area contributed by atoms with Crippen molar-refractivity contribution < 1.29 is 8.85 Å². The van der Waals surface area contributed by atoms with Gasteiger partial charge in [0.25, 0.3) is 0 Å². The Bertz CT molecular complexity index is 244. The van der Waals surface area contributed by atoms with Crippen LogP contribution in [0.5, 0.6) is 0 Å². The maximum Gasteiger partial charge on any atom is 0.428 e. The minimum atomic E-state index is -2.29. The van der Waals surface area contributed by atoms with Crippen LogP contribution in [0, 0.1) is 5.92 Å². The molecule has 4 heteroatoms. The summed E-state index contributed by atoms with van der Waals surface area (Å²) in [6.07, 6.45) is 6.39. The molecule has 0 saturated heterocycles. The van der Waals surface area contributed by atoms with Crippen molar-refractivity contribution in [2.45, 2.75) is 78.3 Å². The van der Waals surface area contributed by atoms with Crippen molar-refractivity contribution in [1.82, 2.24) is 4.98 Å². The lowest BCUT2D eigenvalue weighted by Gasteiger charge is -2.43. The predicted octanol–water partition coefficient (Wildman–Crippen LogP) is 3.97. The normalized spacial score (nSPS) is 26.4. The first kappa shape index (κ1) is 17.1. The average Bonchev–Trinajstić information content (AvgIpc) is 2.39. The third kappa shape index (κ3) is 4.55. The molecule has 0 spiro atoms. The van der Waals surface area contributed by atoms with Gasteiger partial charge in [-0.1, -0.05) is 40.0 Å². The second-order valence-corrected chi connectivity index (χ2v) is 8.80. The van der Waals surface area contributed by atoms with E-state index in [1.807, 2.05) is 0 Å². The predicted molar refractivity (Wildman–Crippen MR) is 83.3 cm³/mol. The minimum absolute atomic E-state index is 0.471. The molecule has 0 bridgehead atoms. The summed E-state index contributed by atoms with van der Waals surface area (Å²) in [6, 6.07) is 0.471. The number of hydrogen-bond donors (Lipinski definition) is 1. The van der Waals surface area contributed by atoms with E-state index in [0.29, 0.717) is 11.6 Å². The third-order valence-electron chi connectivity index (χ3n) is 4.38. The van der Waals surface area contributed by atoms with Crippen LogP contribution in [0.4, 0.5) is 0 Å². The first-order chi connectivity index (χ1) is 9.09. The zero-order valence-electron chi connectivity index (χ0n) is 13.5. The van der Waals surface area contributed by atoms with Crippen LogP contribution in [-0.2, 0) is 8.85 Å². The molecular weight excluding hydrogens is 254 g/mol. The van der Waals surface area contributed by atoms with Gasteiger partial charge in [-0.25, -0.2) is 0 Å². The smallest absolute Gasteiger partial charge is 0.383 e. The molecule has 19 heavy (non-hydrogen) atoms. The lowest BCUT2D eigenvalue weighted by atomic mass is 9.90. The molecule has 3 atom stereocenters. The van der Waals surface area contributed by atoms with Crippen molar-refractivity contribution in [1.29, 1.82) is 0 Å². The highest BCUT2D eigenvalue weighted by Gasteiger charge is 2.50. The Kier molecular flexibility index (Phi) is 7.58. The van der Waals surface area contributed by atoms with E-state index in [0.717, 1.165) is 25.6 Å². The highest BCUT2D eigenvalue weighted by Crippen LogP contribution is 2.41. The van der Waals surface area contributed by atoms with Gasteiger partial charge in [-0.3, -0.25) is 4.98 Å². The third-order valence-corrected chi connectivity index (χ3v) is 8.54. The largest absolute Gasteiger partial charge is 0.428 e. The van der Waals surface area contributed by atoms with Gasteiger partial charge in [0.1, 0.15) is 0 Å². The number of nitrogens with one attached hydrogen (secondary N) is 1. The van der Waals surface area contributed by atoms with E-state index in [9.17, 15) is 0 Å². The molecule has 0 aliphatic heterocycles. The van der Waals surface area contributed by atoms with E-state index in [-0.39, 0.29) is 0 Å². The Balaban J connectivity index is 2.91. The maximum absolute atomic E-state index is 6.26. The molecule has 0 aromatic rings. The summed E-state index contributed by atoms with van der Waals surface area (Å²) in [5, 5.41) is 0. The van der Waals surface area contributed by atoms with Gasteiger partial charge in [0.05, 0.1) is 0 Å². The van der Waals surface area contributed by atoms with Crippen molar-refractivity contribution >= 4 is 8.72 Å². The van der Waals surface area contributed by atoms with Crippen LogP contribution in [0.3, 0.4) is 0 Å². The summed E-state index contributed by atoms with van der Waals surface area (Å²) < 4.78 is 12.5. The standard InChI is InChI=1S/C15H33NO2Si/c1-6-14(5)16-19(17-7-2,18-8-3)15-12-10-9-11-13(15)4/h13-16H,6-12H2,1-5H3. The van der Waals surface area contributed by atoms with Crippen LogP contribution in [0.2, 0.25) is 5.54 Å². The quantitative estimate of drug-likeness (QED) is 0.685. The molecule has 1 saturated carbocycles. The Morgan fingerprint density at radius 1 is 1.11 bits per heavy atom. The second-order valence-electron chi connectivity index (χ2n) is 5.86. The van der Waals surface area contributed by atoms with Gasteiger partial charge >= 0.3 is 8.72 Å². The van der Waals surface area contributed by atoms with Gasteiger partial charge in [-0.05, 0) is 32.6 Å². The molecule has 1 N–H and O–H groups in total. The van der Waals surface area contributed by atoms with Crippen molar-refractivity contribution in [2.75, 3.05) is 13.2 Å². The van der Waals surface area contributed by atoms with Gasteiger partial charge in [-0.15, -0.1) is 0 Å². The first-order valence-corrected chi connectivity index (χ1v) is 10.0. The SMILES string of the molecule is CCO[Si](NC(C)CC)(OCC)C1CCCCC1C. The Morgan fingerprint density at radius 3 is 2.16 bits per heavy atom. The zero-order chi connectivity index (χ0) is 14.3. The van der Waals surface area contributed by atoms with Gasteiger partial charge in [0, 0.05) is 24.8 Å². The average molecular weight is 288 g/mol. The summed E-state index contributed by atoms with van der Waals surface area (Å²) in [4.78, 5) is 3.78. The van der Waals surface area contributed by atoms with Crippen LogP contribution in [0.1, 0.15) is 66.7 Å². The van der Waals surface area contributed by atoms with Crippen LogP contribution >= 0.6 is 0 Å². The molecule has 1 fully saturated rings. The fourth-order valence-electron chi connectivity index (χ4n) is 3.20. The molecule has 1 aliphatic carbocycles. The molecule has 0 heterocycles. The highest BCUT2D eigenvalue weighted by atomic mass is 28.4. The van der Waals surface area contributed by atoms with Crippen molar-refractivity contribution in [3.63, 3.8) is 0 Å². The van der Waals surface area contributed by atoms with Crippen LogP contribution < -0.4 is 4.98 Å². The Labute approximate surface area is 120 Å². The van der Waals surface area contributed by atoms with E-state index >= 15 is 0 Å². The molecular formula is C15H33NO2Si.